The Bertz CT molecular complexity index is 1130. The van der Waals surface area contributed by atoms with E-state index in [2.05, 4.69) is 11.2 Å². The third-order valence-electron chi connectivity index (χ3n) is 6.40. The second kappa shape index (κ2) is 6.90. The molecule has 0 atom stereocenters. The number of ether oxygens (including phenoxy) is 2. The van der Waals surface area contributed by atoms with E-state index < -0.39 is 5.60 Å². The SMILES string of the molecule is COc1ccc(C(=O)N2CCC3(CC2)Oc2ccccc2-c2c3cnn2C)c(C)c1. The Hall–Kier alpha value is -3.28. The van der Waals surface area contributed by atoms with Crippen molar-refractivity contribution in [3.05, 3.63) is 65.4 Å². The number of carbonyl (C=O) groups excluding carboxylic acids is 1. The van der Waals surface area contributed by atoms with Crippen LogP contribution in [0.3, 0.4) is 0 Å². The molecule has 3 heterocycles. The van der Waals surface area contributed by atoms with Gasteiger partial charge in [-0.05, 0) is 42.8 Å². The molecule has 2 aliphatic heterocycles. The average molecular weight is 403 g/mol. The number of rotatable bonds is 2. The van der Waals surface area contributed by atoms with E-state index in [4.69, 9.17) is 9.47 Å². The Morgan fingerprint density at radius 2 is 1.93 bits per heavy atom. The second-order valence-electron chi connectivity index (χ2n) is 8.10. The maximum Gasteiger partial charge on any atom is 0.254 e. The van der Waals surface area contributed by atoms with Crippen molar-refractivity contribution in [1.29, 1.82) is 0 Å². The van der Waals surface area contributed by atoms with Crippen molar-refractivity contribution in [3.8, 4) is 22.8 Å². The fourth-order valence-corrected chi connectivity index (χ4v) is 4.72. The van der Waals surface area contributed by atoms with Gasteiger partial charge in [0.15, 0.2) is 0 Å². The highest BCUT2D eigenvalue weighted by molar-refractivity contribution is 5.96. The molecule has 0 bridgehead atoms. The molecule has 1 amide bonds. The summed E-state index contributed by atoms with van der Waals surface area (Å²) in [7, 11) is 3.61. The van der Waals surface area contributed by atoms with Gasteiger partial charge in [-0.2, -0.15) is 5.10 Å². The molecule has 0 radical (unpaired) electrons. The number of para-hydroxylation sites is 1. The average Bonchev–Trinajstić information content (AvgIpc) is 3.17. The van der Waals surface area contributed by atoms with Gasteiger partial charge in [0.1, 0.15) is 17.1 Å². The van der Waals surface area contributed by atoms with Gasteiger partial charge >= 0.3 is 0 Å². The number of aromatic nitrogens is 2. The van der Waals surface area contributed by atoms with Gasteiger partial charge in [0.05, 0.1) is 19.0 Å². The van der Waals surface area contributed by atoms with Crippen LogP contribution in [0.5, 0.6) is 11.5 Å². The van der Waals surface area contributed by atoms with E-state index in [9.17, 15) is 4.79 Å². The van der Waals surface area contributed by atoms with Crippen LogP contribution in [0.15, 0.2) is 48.7 Å². The van der Waals surface area contributed by atoms with Crippen molar-refractivity contribution < 1.29 is 14.3 Å². The van der Waals surface area contributed by atoms with Crippen LogP contribution in [-0.4, -0.2) is 40.8 Å². The lowest BCUT2D eigenvalue weighted by atomic mass is 9.81. The lowest BCUT2D eigenvalue weighted by Gasteiger charge is -2.44. The van der Waals surface area contributed by atoms with Gasteiger partial charge < -0.3 is 14.4 Å². The number of methoxy groups -OCH3 is 1. The van der Waals surface area contributed by atoms with Crippen LogP contribution in [0.4, 0.5) is 0 Å². The number of amides is 1. The van der Waals surface area contributed by atoms with E-state index in [1.165, 1.54) is 0 Å². The van der Waals surface area contributed by atoms with Crippen molar-refractivity contribution >= 4 is 5.91 Å². The number of carbonyl (C=O) groups is 1. The maximum atomic E-state index is 13.2. The minimum absolute atomic E-state index is 0.0626. The van der Waals surface area contributed by atoms with Crippen LogP contribution < -0.4 is 9.47 Å². The third-order valence-corrected chi connectivity index (χ3v) is 6.40. The van der Waals surface area contributed by atoms with E-state index in [0.717, 1.165) is 52.3 Å². The molecule has 2 aliphatic rings. The number of fused-ring (bicyclic) bond motifs is 4. The van der Waals surface area contributed by atoms with Gasteiger partial charge in [-0.15, -0.1) is 0 Å². The van der Waals surface area contributed by atoms with Gasteiger partial charge in [-0.1, -0.05) is 12.1 Å². The topological polar surface area (TPSA) is 56.6 Å². The Labute approximate surface area is 176 Å². The van der Waals surface area contributed by atoms with E-state index in [1.54, 1.807) is 7.11 Å². The molecule has 30 heavy (non-hydrogen) atoms. The third kappa shape index (κ3) is 2.78. The number of piperidine rings is 1. The summed E-state index contributed by atoms with van der Waals surface area (Å²) in [4.78, 5) is 15.1. The van der Waals surface area contributed by atoms with Gasteiger partial charge in [0.25, 0.3) is 5.91 Å². The highest BCUT2D eigenvalue weighted by Crippen LogP contribution is 2.49. The standard InChI is InChI=1S/C24H25N3O3/c1-16-14-17(29-3)8-9-18(16)23(28)27-12-10-24(11-13-27)20-15-25-26(2)22(20)19-6-4-5-7-21(19)30-24/h4-9,14-15H,10-13H2,1-3H3. The van der Waals surface area contributed by atoms with Crippen molar-refractivity contribution in [2.75, 3.05) is 20.2 Å². The van der Waals surface area contributed by atoms with Crippen LogP contribution in [0, 0.1) is 6.92 Å². The Balaban J connectivity index is 1.41. The molecule has 5 rings (SSSR count). The summed E-state index contributed by atoms with van der Waals surface area (Å²) >= 11 is 0. The minimum Gasteiger partial charge on any atom is -0.497 e. The van der Waals surface area contributed by atoms with Gasteiger partial charge in [-0.25, -0.2) is 0 Å². The summed E-state index contributed by atoms with van der Waals surface area (Å²) in [5.41, 5.74) is 4.52. The zero-order chi connectivity index (χ0) is 20.9. The molecule has 1 fully saturated rings. The Morgan fingerprint density at radius 1 is 1.17 bits per heavy atom. The van der Waals surface area contributed by atoms with Gasteiger partial charge in [0.2, 0.25) is 0 Å². The van der Waals surface area contributed by atoms with Crippen LogP contribution in [-0.2, 0) is 12.6 Å². The Morgan fingerprint density at radius 3 is 2.67 bits per heavy atom. The summed E-state index contributed by atoms with van der Waals surface area (Å²) in [6, 6.07) is 13.7. The number of hydrogen-bond donors (Lipinski definition) is 0. The first kappa shape index (κ1) is 18.7. The highest BCUT2D eigenvalue weighted by atomic mass is 16.5. The second-order valence-corrected chi connectivity index (χ2v) is 8.10. The normalized spacial score (nSPS) is 16.6. The number of hydrogen-bond acceptors (Lipinski definition) is 4. The minimum atomic E-state index is -0.441. The van der Waals surface area contributed by atoms with Gasteiger partial charge in [-0.3, -0.25) is 9.48 Å². The molecule has 6 heteroatoms. The summed E-state index contributed by atoms with van der Waals surface area (Å²) in [5, 5.41) is 4.52. The highest BCUT2D eigenvalue weighted by Gasteiger charge is 2.45. The molecule has 1 aromatic heterocycles. The summed E-state index contributed by atoms with van der Waals surface area (Å²) < 4.78 is 13.8. The molecule has 6 nitrogen and oxygen atoms in total. The molecule has 1 saturated heterocycles. The molecular weight excluding hydrogens is 378 g/mol. The maximum absolute atomic E-state index is 13.2. The molecular formula is C24H25N3O3. The molecule has 2 aromatic carbocycles. The van der Waals surface area contributed by atoms with Crippen LogP contribution in [0.25, 0.3) is 11.3 Å². The number of nitrogens with zero attached hydrogens (tertiary/aromatic N) is 3. The molecule has 154 valence electrons. The molecule has 3 aromatic rings. The molecule has 0 aliphatic carbocycles. The number of benzene rings is 2. The lowest BCUT2D eigenvalue weighted by molar-refractivity contribution is -0.00174. The fourth-order valence-electron chi connectivity index (χ4n) is 4.72. The van der Waals surface area contributed by atoms with E-state index in [-0.39, 0.29) is 5.91 Å². The van der Waals surface area contributed by atoms with Crippen LogP contribution in [0.1, 0.15) is 34.3 Å². The van der Waals surface area contributed by atoms with Crippen molar-refractivity contribution in [3.63, 3.8) is 0 Å². The monoisotopic (exact) mass is 403 g/mol. The predicted octanol–water partition coefficient (Wildman–Crippen LogP) is 3.93. The van der Waals surface area contributed by atoms with E-state index >= 15 is 0 Å². The van der Waals surface area contributed by atoms with Crippen molar-refractivity contribution in [1.82, 2.24) is 14.7 Å². The smallest absolute Gasteiger partial charge is 0.254 e. The van der Waals surface area contributed by atoms with E-state index in [0.29, 0.717) is 13.1 Å². The molecule has 0 saturated carbocycles. The van der Waals surface area contributed by atoms with Crippen LogP contribution >= 0.6 is 0 Å². The lowest BCUT2D eigenvalue weighted by Crippen LogP contribution is -2.49. The first-order chi connectivity index (χ1) is 14.5. The van der Waals surface area contributed by atoms with Crippen LogP contribution in [0.2, 0.25) is 0 Å². The molecule has 0 unspecified atom stereocenters. The quantitative estimate of drug-likeness (QED) is 0.651. The fraction of sp³-hybridized carbons (Fsp3) is 0.333. The summed E-state index contributed by atoms with van der Waals surface area (Å²) in [5.74, 6) is 1.71. The summed E-state index contributed by atoms with van der Waals surface area (Å²) in [6.07, 6.45) is 3.40. The zero-order valence-electron chi connectivity index (χ0n) is 17.5. The Kier molecular flexibility index (Phi) is 4.31. The van der Waals surface area contributed by atoms with Crippen molar-refractivity contribution in [2.45, 2.75) is 25.4 Å². The first-order valence-electron chi connectivity index (χ1n) is 10.3. The number of aryl methyl sites for hydroxylation is 2. The molecule has 1 spiro atoms. The van der Waals surface area contributed by atoms with E-state index in [1.807, 2.05) is 66.1 Å². The largest absolute Gasteiger partial charge is 0.497 e. The summed E-state index contributed by atoms with van der Waals surface area (Å²) in [6.45, 7) is 3.23. The molecule has 0 N–H and O–H groups in total. The number of likely N-dealkylation sites (tertiary alicyclic amines) is 1. The van der Waals surface area contributed by atoms with Crippen molar-refractivity contribution in [2.24, 2.45) is 7.05 Å². The first-order valence-corrected chi connectivity index (χ1v) is 10.3. The van der Waals surface area contributed by atoms with Gasteiger partial charge in [0, 0.05) is 49.7 Å². The predicted molar refractivity (Wildman–Crippen MR) is 114 cm³/mol. The zero-order valence-corrected chi connectivity index (χ0v) is 17.5.